The van der Waals surface area contributed by atoms with Crippen molar-refractivity contribution in [2.75, 3.05) is 13.2 Å². The van der Waals surface area contributed by atoms with Crippen molar-refractivity contribution < 1.29 is 27.6 Å². The number of esters is 1. The van der Waals surface area contributed by atoms with Crippen LogP contribution in [0.15, 0.2) is 12.2 Å². The molecule has 0 saturated heterocycles. The fraction of sp³-hybridized carbons (Fsp3) is 0.556. The first-order chi connectivity index (χ1) is 7.81. The van der Waals surface area contributed by atoms with Crippen LogP contribution < -0.4 is 0 Å². The van der Waals surface area contributed by atoms with Gasteiger partial charge in [-0.1, -0.05) is 6.58 Å². The van der Waals surface area contributed by atoms with Crippen molar-refractivity contribution in [2.45, 2.75) is 20.0 Å². The molecule has 0 aliphatic heterocycles. The molecule has 0 heterocycles. The molecular formula is C9H14NO6S-. The Labute approximate surface area is 102 Å². The normalized spacial score (nSPS) is 10.8. The molecule has 0 spiro atoms. The molecule has 8 heteroatoms. The Bertz CT molecular complexity index is 305. The molecule has 0 aliphatic carbocycles. The first-order valence-electron chi connectivity index (χ1n) is 4.47. The highest BCUT2D eigenvalue weighted by molar-refractivity contribution is 7.73. The SMILES string of the molecule is C=C(C#N)C(=O)OCCOC(C)C.O=S([O-])O. The van der Waals surface area contributed by atoms with Gasteiger partial charge in [-0.3, -0.25) is 0 Å². The topological polar surface area (TPSA) is 120 Å². The van der Waals surface area contributed by atoms with Crippen LogP contribution in [0.25, 0.3) is 0 Å². The number of nitriles is 1. The van der Waals surface area contributed by atoms with E-state index in [9.17, 15) is 4.79 Å². The second-order valence-corrected chi connectivity index (χ2v) is 3.30. The molecule has 0 aliphatic rings. The fourth-order valence-electron chi connectivity index (χ4n) is 0.551. The van der Waals surface area contributed by atoms with Crippen LogP contribution in [0.2, 0.25) is 0 Å². The number of nitrogens with zero attached hydrogens (tertiary/aromatic N) is 1. The lowest BCUT2D eigenvalue weighted by molar-refractivity contribution is -0.140. The molecule has 0 radical (unpaired) electrons. The Morgan fingerprint density at radius 1 is 1.59 bits per heavy atom. The van der Waals surface area contributed by atoms with Crippen molar-refractivity contribution in [3.8, 4) is 6.07 Å². The molecule has 7 nitrogen and oxygen atoms in total. The average molecular weight is 264 g/mol. The summed E-state index contributed by atoms with van der Waals surface area (Å²) in [6.07, 6.45) is 0.109. The summed E-state index contributed by atoms with van der Waals surface area (Å²) in [5.74, 6) is -0.685. The van der Waals surface area contributed by atoms with Crippen molar-refractivity contribution >= 4 is 17.3 Å². The van der Waals surface area contributed by atoms with Gasteiger partial charge in [-0.25, -0.2) is 9.00 Å². The summed E-state index contributed by atoms with van der Waals surface area (Å²) in [5, 5.41) is 8.27. The smallest absolute Gasteiger partial charge is 0.348 e. The summed E-state index contributed by atoms with van der Waals surface area (Å²) in [4.78, 5) is 10.8. The van der Waals surface area contributed by atoms with Gasteiger partial charge in [0.15, 0.2) is 0 Å². The predicted molar refractivity (Wildman–Crippen MR) is 58.3 cm³/mol. The van der Waals surface area contributed by atoms with E-state index in [1.54, 1.807) is 6.07 Å². The highest BCUT2D eigenvalue weighted by Crippen LogP contribution is 1.93. The molecule has 0 fully saturated rings. The molecule has 17 heavy (non-hydrogen) atoms. The second-order valence-electron chi connectivity index (χ2n) is 2.86. The van der Waals surface area contributed by atoms with E-state index in [1.165, 1.54) is 0 Å². The molecule has 0 amide bonds. The van der Waals surface area contributed by atoms with Crippen LogP contribution >= 0.6 is 0 Å². The van der Waals surface area contributed by atoms with Gasteiger partial charge in [0.1, 0.15) is 18.2 Å². The van der Waals surface area contributed by atoms with Gasteiger partial charge in [0.2, 0.25) is 0 Å². The van der Waals surface area contributed by atoms with Gasteiger partial charge in [0.25, 0.3) is 0 Å². The Balaban J connectivity index is 0. The van der Waals surface area contributed by atoms with E-state index in [-0.39, 0.29) is 18.3 Å². The van der Waals surface area contributed by atoms with Crippen molar-refractivity contribution in [3.05, 3.63) is 12.2 Å². The van der Waals surface area contributed by atoms with E-state index in [2.05, 4.69) is 11.3 Å². The first-order valence-corrected chi connectivity index (χ1v) is 5.50. The van der Waals surface area contributed by atoms with Crippen LogP contribution in [0.1, 0.15) is 13.8 Å². The number of hydrogen-bond donors (Lipinski definition) is 1. The molecule has 0 aromatic rings. The molecule has 1 N–H and O–H groups in total. The van der Waals surface area contributed by atoms with Gasteiger partial charge >= 0.3 is 5.97 Å². The fourth-order valence-corrected chi connectivity index (χ4v) is 0.551. The van der Waals surface area contributed by atoms with Gasteiger partial charge in [-0.05, 0) is 13.8 Å². The largest absolute Gasteiger partial charge is 0.750 e. The summed E-state index contributed by atoms with van der Waals surface area (Å²) in [6.45, 7) is 7.47. The Kier molecular flexibility index (Phi) is 12.0. The molecule has 0 rings (SSSR count). The van der Waals surface area contributed by atoms with E-state index >= 15 is 0 Å². The maximum absolute atomic E-state index is 10.8. The van der Waals surface area contributed by atoms with Crippen LogP contribution in [-0.2, 0) is 25.6 Å². The highest BCUT2D eigenvalue weighted by atomic mass is 32.2. The molecule has 98 valence electrons. The van der Waals surface area contributed by atoms with Gasteiger partial charge in [-0.2, -0.15) is 5.26 Å². The van der Waals surface area contributed by atoms with Gasteiger partial charge in [-0.15, -0.1) is 0 Å². The van der Waals surface area contributed by atoms with Gasteiger partial charge in [0, 0.05) is 0 Å². The third-order valence-corrected chi connectivity index (χ3v) is 1.15. The van der Waals surface area contributed by atoms with E-state index < -0.39 is 17.3 Å². The van der Waals surface area contributed by atoms with Crippen LogP contribution in [0.5, 0.6) is 0 Å². The zero-order valence-corrected chi connectivity index (χ0v) is 10.4. The van der Waals surface area contributed by atoms with Crippen LogP contribution in [0, 0.1) is 11.3 Å². The van der Waals surface area contributed by atoms with E-state index in [0.717, 1.165) is 0 Å². The lowest BCUT2D eigenvalue weighted by atomic mass is 10.3. The van der Waals surface area contributed by atoms with Crippen molar-refractivity contribution in [1.29, 1.82) is 5.26 Å². The van der Waals surface area contributed by atoms with Gasteiger partial charge < -0.3 is 18.6 Å². The standard InChI is InChI=1S/C9H13NO3.H2O3S/c1-7(2)12-4-5-13-9(11)8(3)6-10;1-4(2)3/h7H,3-5H2,1-2H3;(H2,1,2,3)/p-1. The van der Waals surface area contributed by atoms with Gasteiger partial charge in [0.05, 0.1) is 24.1 Å². The maximum atomic E-state index is 10.8. The van der Waals surface area contributed by atoms with E-state index in [1.807, 2.05) is 13.8 Å². The Hall–Kier alpha value is -1.27. The summed E-state index contributed by atoms with van der Waals surface area (Å²) in [7, 11) is 0. The minimum Gasteiger partial charge on any atom is -0.750 e. The monoisotopic (exact) mass is 264 g/mol. The van der Waals surface area contributed by atoms with Crippen molar-refractivity contribution in [3.63, 3.8) is 0 Å². The molecule has 0 aromatic carbocycles. The first kappa shape index (κ1) is 18.1. The maximum Gasteiger partial charge on any atom is 0.348 e. The summed E-state index contributed by atoms with van der Waals surface area (Å²) < 4.78 is 33.9. The summed E-state index contributed by atoms with van der Waals surface area (Å²) in [6, 6.07) is 1.60. The third kappa shape index (κ3) is 17.3. The van der Waals surface area contributed by atoms with Crippen molar-refractivity contribution in [2.24, 2.45) is 0 Å². The zero-order chi connectivity index (χ0) is 13.8. The second kappa shape index (κ2) is 11.2. The van der Waals surface area contributed by atoms with Crippen molar-refractivity contribution in [1.82, 2.24) is 0 Å². The molecule has 1 atom stereocenters. The number of rotatable bonds is 5. The molecule has 0 aromatic heterocycles. The van der Waals surface area contributed by atoms with E-state index in [0.29, 0.717) is 6.61 Å². The minimum atomic E-state index is -2.86. The lowest BCUT2D eigenvalue weighted by Gasteiger charge is -2.07. The van der Waals surface area contributed by atoms with Crippen LogP contribution in [-0.4, -0.2) is 38.6 Å². The minimum absolute atomic E-state index is 0.109. The highest BCUT2D eigenvalue weighted by Gasteiger charge is 2.06. The molecular weight excluding hydrogens is 250 g/mol. The molecule has 1 unspecified atom stereocenters. The van der Waals surface area contributed by atoms with Crippen LogP contribution in [0.3, 0.4) is 0 Å². The number of carbonyl (C=O) groups excluding carboxylic acids is 1. The average Bonchev–Trinajstić information content (AvgIpc) is 2.21. The quantitative estimate of drug-likeness (QED) is 0.250. The summed E-state index contributed by atoms with van der Waals surface area (Å²) >= 11 is -2.86. The Morgan fingerprint density at radius 3 is 2.41 bits per heavy atom. The number of hydrogen-bond acceptors (Lipinski definition) is 6. The molecule has 0 bridgehead atoms. The van der Waals surface area contributed by atoms with E-state index in [4.69, 9.17) is 23.3 Å². The number of carbonyl (C=O) groups is 1. The van der Waals surface area contributed by atoms with Crippen LogP contribution in [0.4, 0.5) is 0 Å². The summed E-state index contributed by atoms with van der Waals surface area (Å²) in [5.41, 5.74) is -0.190. The predicted octanol–water partition coefficient (Wildman–Crippen LogP) is 0.373. The molecule has 0 saturated carbocycles. The zero-order valence-electron chi connectivity index (χ0n) is 9.54. The number of ether oxygens (including phenoxy) is 2. The Morgan fingerprint density at radius 2 is 2.06 bits per heavy atom. The lowest BCUT2D eigenvalue weighted by Crippen LogP contribution is -2.13. The third-order valence-electron chi connectivity index (χ3n) is 1.15.